The fraction of sp³-hybridized carbons (Fsp3) is 0.412. The SMILES string of the molecule is Cc1cccc(OCN2CCc3nc(C(F)(F)F)[nH]c(=O)c3C2)c1C. The zero-order valence-corrected chi connectivity index (χ0v) is 13.9. The number of fused-ring (bicyclic) bond motifs is 1. The second-order valence-electron chi connectivity index (χ2n) is 6.11. The number of aromatic amines is 1. The van der Waals surface area contributed by atoms with Crippen molar-refractivity contribution in [3.05, 3.63) is 56.8 Å². The van der Waals surface area contributed by atoms with Crippen molar-refractivity contribution >= 4 is 0 Å². The number of aromatic nitrogens is 2. The van der Waals surface area contributed by atoms with Crippen molar-refractivity contribution in [2.75, 3.05) is 13.3 Å². The molecule has 1 aromatic heterocycles. The molecule has 0 atom stereocenters. The second kappa shape index (κ2) is 6.51. The van der Waals surface area contributed by atoms with E-state index in [9.17, 15) is 18.0 Å². The molecule has 134 valence electrons. The van der Waals surface area contributed by atoms with E-state index in [2.05, 4.69) is 4.98 Å². The summed E-state index contributed by atoms with van der Waals surface area (Å²) in [6.07, 6.45) is -4.38. The molecule has 0 saturated carbocycles. The van der Waals surface area contributed by atoms with E-state index in [1.54, 1.807) is 0 Å². The Balaban J connectivity index is 1.73. The number of nitrogens with zero attached hydrogens (tertiary/aromatic N) is 2. The van der Waals surface area contributed by atoms with E-state index in [4.69, 9.17) is 4.74 Å². The average molecular weight is 353 g/mol. The van der Waals surface area contributed by atoms with Gasteiger partial charge in [0.2, 0.25) is 5.82 Å². The Morgan fingerprint density at radius 3 is 2.80 bits per heavy atom. The minimum atomic E-state index is -4.66. The monoisotopic (exact) mass is 353 g/mol. The molecule has 0 bridgehead atoms. The first-order valence-corrected chi connectivity index (χ1v) is 7.86. The van der Waals surface area contributed by atoms with E-state index in [1.165, 1.54) is 0 Å². The van der Waals surface area contributed by atoms with Crippen LogP contribution >= 0.6 is 0 Å². The van der Waals surface area contributed by atoms with E-state index in [-0.39, 0.29) is 31.0 Å². The highest BCUT2D eigenvalue weighted by Crippen LogP contribution is 2.27. The van der Waals surface area contributed by atoms with Crippen molar-refractivity contribution in [3.63, 3.8) is 0 Å². The van der Waals surface area contributed by atoms with E-state index < -0.39 is 17.6 Å². The summed E-state index contributed by atoms with van der Waals surface area (Å²) in [5, 5.41) is 0. The van der Waals surface area contributed by atoms with Crippen LogP contribution in [-0.2, 0) is 19.1 Å². The normalized spacial score (nSPS) is 15.1. The molecular formula is C17H18F3N3O2. The molecule has 25 heavy (non-hydrogen) atoms. The van der Waals surface area contributed by atoms with E-state index >= 15 is 0 Å². The maximum absolute atomic E-state index is 12.7. The molecule has 0 spiro atoms. The van der Waals surface area contributed by atoms with Gasteiger partial charge in [-0.15, -0.1) is 0 Å². The maximum Gasteiger partial charge on any atom is 0.449 e. The van der Waals surface area contributed by atoms with Crippen LogP contribution in [0.1, 0.15) is 28.2 Å². The van der Waals surface area contributed by atoms with Gasteiger partial charge < -0.3 is 9.72 Å². The number of aryl methyl sites for hydroxylation is 1. The third-order valence-corrected chi connectivity index (χ3v) is 4.37. The zero-order valence-electron chi connectivity index (χ0n) is 13.9. The topological polar surface area (TPSA) is 58.2 Å². The summed E-state index contributed by atoms with van der Waals surface area (Å²) in [6.45, 7) is 4.89. The number of benzene rings is 1. The van der Waals surface area contributed by atoms with Crippen molar-refractivity contribution in [1.82, 2.24) is 14.9 Å². The van der Waals surface area contributed by atoms with E-state index in [0.717, 1.165) is 16.9 Å². The molecule has 2 aromatic rings. The van der Waals surface area contributed by atoms with Crippen LogP contribution in [0.4, 0.5) is 13.2 Å². The molecule has 1 aliphatic rings. The summed E-state index contributed by atoms with van der Waals surface area (Å²) in [5.41, 5.74) is 1.88. The summed E-state index contributed by atoms with van der Waals surface area (Å²) in [7, 11) is 0. The van der Waals surface area contributed by atoms with Crippen LogP contribution in [0.2, 0.25) is 0 Å². The number of ether oxygens (including phenoxy) is 1. The Morgan fingerprint density at radius 1 is 1.32 bits per heavy atom. The Hall–Kier alpha value is -2.35. The van der Waals surface area contributed by atoms with Crippen LogP contribution < -0.4 is 10.3 Å². The average Bonchev–Trinajstić information content (AvgIpc) is 2.55. The van der Waals surface area contributed by atoms with Crippen molar-refractivity contribution in [3.8, 4) is 5.75 Å². The predicted octanol–water partition coefficient (Wildman–Crippen LogP) is 2.80. The summed E-state index contributed by atoms with van der Waals surface area (Å²) in [6, 6.07) is 5.75. The van der Waals surface area contributed by atoms with Crippen LogP contribution in [0.25, 0.3) is 0 Å². The number of rotatable bonds is 3. The number of hydrogen-bond acceptors (Lipinski definition) is 4. The Morgan fingerprint density at radius 2 is 2.08 bits per heavy atom. The van der Waals surface area contributed by atoms with E-state index in [1.807, 2.05) is 41.9 Å². The first-order valence-electron chi connectivity index (χ1n) is 7.86. The van der Waals surface area contributed by atoms with Crippen molar-refractivity contribution in [2.45, 2.75) is 33.0 Å². The van der Waals surface area contributed by atoms with Gasteiger partial charge in [0.1, 0.15) is 12.5 Å². The lowest BCUT2D eigenvalue weighted by Crippen LogP contribution is -2.38. The number of halogens is 3. The largest absolute Gasteiger partial charge is 0.478 e. The summed E-state index contributed by atoms with van der Waals surface area (Å²) in [4.78, 5) is 19.3. The summed E-state index contributed by atoms with van der Waals surface area (Å²) < 4.78 is 44.0. The highest BCUT2D eigenvalue weighted by Gasteiger charge is 2.35. The molecular weight excluding hydrogens is 335 g/mol. The number of H-pyrrole nitrogens is 1. The lowest BCUT2D eigenvalue weighted by atomic mass is 10.1. The van der Waals surface area contributed by atoms with Crippen molar-refractivity contribution < 1.29 is 17.9 Å². The molecule has 0 fully saturated rings. The molecule has 0 aliphatic carbocycles. The number of alkyl halides is 3. The minimum absolute atomic E-state index is 0.207. The lowest BCUT2D eigenvalue weighted by Gasteiger charge is -2.28. The first kappa shape index (κ1) is 17.5. The van der Waals surface area contributed by atoms with Gasteiger partial charge in [-0.3, -0.25) is 9.69 Å². The van der Waals surface area contributed by atoms with Gasteiger partial charge >= 0.3 is 6.18 Å². The van der Waals surface area contributed by atoms with Gasteiger partial charge in [0, 0.05) is 19.5 Å². The fourth-order valence-electron chi connectivity index (χ4n) is 2.77. The van der Waals surface area contributed by atoms with E-state index in [0.29, 0.717) is 6.54 Å². The summed E-state index contributed by atoms with van der Waals surface area (Å²) >= 11 is 0. The molecule has 1 aromatic carbocycles. The first-order chi connectivity index (χ1) is 11.8. The zero-order chi connectivity index (χ0) is 18.2. The van der Waals surface area contributed by atoms with Gasteiger partial charge in [0.15, 0.2) is 0 Å². The van der Waals surface area contributed by atoms with Crippen LogP contribution in [-0.4, -0.2) is 28.1 Å². The van der Waals surface area contributed by atoms with Crippen molar-refractivity contribution in [1.29, 1.82) is 0 Å². The molecule has 5 nitrogen and oxygen atoms in total. The van der Waals surface area contributed by atoms with Crippen LogP contribution in [0.15, 0.2) is 23.0 Å². The third kappa shape index (κ3) is 3.68. The molecule has 8 heteroatoms. The Kier molecular flexibility index (Phi) is 4.55. The molecule has 2 heterocycles. The van der Waals surface area contributed by atoms with Crippen LogP contribution in [0.5, 0.6) is 5.75 Å². The molecule has 0 unspecified atom stereocenters. The van der Waals surface area contributed by atoms with Gasteiger partial charge in [-0.05, 0) is 31.0 Å². The molecule has 0 amide bonds. The molecule has 0 saturated heterocycles. The highest BCUT2D eigenvalue weighted by atomic mass is 19.4. The Labute approximate surface area is 142 Å². The van der Waals surface area contributed by atoms with Gasteiger partial charge in [-0.2, -0.15) is 13.2 Å². The molecule has 1 aliphatic heterocycles. The predicted molar refractivity (Wildman–Crippen MR) is 85.4 cm³/mol. The Bertz CT molecular complexity index is 846. The second-order valence-corrected chi connectivity index (χ2v) is 6.11. The lowest BCUT2D eigenvalue weighted by molar-refractivity contribution is -0.145. The molecule has 1 N–H and O–H groups in total. The fourth-order valence-corrected chi connectivity index (χ4v) is 2.77. The summed E-state index contributed by atoms with van der Waals surface area (Å²) in [5.74, 6) is -0.485. The van der Waals surface area contributed by atoms with Crippen molar-refractivity contribution in [2.24, 2.45) is 0 Å². The minimum Gasteiger partial charge on any atom is -0.478 e. The van der Waals surface area contributed by atoms with Crippen LogP contribution in [0, 0.1) is 13.8 Å². The number of hydrogen-bond donors (Lipinski definition) is 1. The third-order valence-electron chi connectivity index (χ3n) is 4.37. The highest BCUT2D eigenvalue weighted by molar-refractivity contribution is 5.38. The van der Waals surface area contributed by atoms with Crippen LogP contribution in [0.3, 0.4) is 0 Å². The van der Waals surface area contributed by atoms with Gasteiger partial charge in [-0.25, -0.2) is 4.98 Å². The number of nitrogens with one attached hydrogen (secondary N) is 1. The van der Waals surface area contributed by atoms with Gasteiger partial charge in [0.25, 0.3) is 5.56 Å². The smallest absolute Gasteiger partial charge is 0.449 e. The molecule has 0 radical (unpaired) electrons. The van der Waals surface area contributed by atoms with Gasteiger partial charge in [-0.1, -0.05) is 12.1 Å². The maximum atomic E-state index is 12.7. The van der Waals surface area contributed by atoms with Gasteiger partial charge in [0.05, 0.1) is 11.3 Å². The molecule has 3 rings (SSSR count). The quantitative estimate of drug-likeness (QED) is 0.922. The standard InChI is InChI=1S/C17H18F3N3O2/c1-10-4-3-5-14(11(10)2)25-9-23-7-6-13-12(8-23)15(24)22-16(21-13)17(18,19)20/h3-5H,6-9H2,1-2H3,(H,21,22,24).